The topological polar surface area (TPSA) is 8.81 Å². The monoisotopic (exact) mass is 329 g/mol. The molecule has 0 spiro atoms. The largest absolute Gasteiger partial charge is 0.244 e. The van der Waals surface area contributed by atoms with Gasteiger partial charge in [0.15, 0.2) is 0 Å². The molecule has 0 aliphatic carbocycles. The molecule has 1 aromatic heterocycles. The van der Waals surface area contributed by atoms with Crippen molar-refractivity contribution in [3.63, 3.8) is 0 Å². The summed E-state index contributed by atoms with van der Waals surface area (Å²) in [5.74, 6) is 3.02. The third-order valence-electron chi connectivity index (χ3n) is 4.37. The lowest BCUT2D eigenvalue weighted by Gasteiger charge is -2.13. The van der Waals surface area contributed by atoms with Gasteiger partial charge < -0.3 is 0 Å². The van der Waals surface area contributed by atoms with Crippen LogP contribution >= 0.6 is 11.6 Å². The zero-order chi connectivity index (χ0) is 16.5. The Morgan fingerprint density at radius 1 is 1.22 bits per heavy atom. The number of imidazole rings is 1. The van der Waals surface area contributed by atoms with E-state index in [1.807, 2.05) is 6.07 Å². The molecule has 0 N–H and O–H groups in total. The summed E-state index contributed by atoms with van der Waals surface area (Å²) in [6, 6.07) is 11.3. The highest BCUT2D eigenvalue weighted by molar-refractivity contribution is 6.30. The molecule has 2 unspecified atom stereocenters. The van der Waals surface area contributed by atoms with Crippen molar-refractivity contribution in [3.05, 3.63) is 54.6 Å². The molecule has 2 nitrogen and oxygen atoms in total. The van der Waals surface area contributed by atoms with E-state index in [0.717, 1.165) is 6.42 Å². The summed E-state index contributed by atoms with van der Waals surface area (Å²) in [6.07, 6.45) is 12.2. The number of aromatic nitrogens is 2. The average molecular weight is 330 g/mol. The first-order chi connectivity index (χ1) is 11.3. The van der Waals surface area contributed by atoms with Crippen molar-refractivity contribution >= 4 is 11.6 Å². The molecule has 2 atom stereocenters. The summed E-state index contributed by atoms with van der Waals surface area (Å²) in [5, 5.41) is 2.51. The van der Waals surface area contributed by atoms with Crippen molar-refractivity contribution in [2.45, 2.75) is 58.0 Å². The first-order valence-corrected chi connectivity index (χ1v) is 8.89. The molecule has 0 fully saturated rings. The lowest BCUT2D eigenvalue weighted by Crippen LogP contribution is -2.38. The smallest absolute Gasteiger partial charge is 0.234 e. The molecule has 1 heterocycles. The van der Waals surface area contributed by atoms with E-state index in [2.05, 4.69) is 77.3 Å². The van der Waals surface area contributed by atoms with Crippen LogP contribution in [0.25, 0.3) is 0 Å². The molecule has 23 heavy (non-hydrogen) atoms. The Morgan fingerprint density at radius 3 is 2.65 bits per heavy atom. The number of halogens is 1. The summed E-state index contributed by atoms with van der Waals surface area (Å²) in [4.78, 5) is 0. The van der Waals surface area contributed by atoms with E-state index in [-0.39, 0.29) is 6.04 Å². The van der Waals surface area contributed by atoms with Crippen LogP contribution in [0, 0.1) is 11.3 Å². The second kappa shape index (κ2) is 9.43. The summed E-state index contributed by atoms with van der Waals surface area (Å²) in [6.45, 7) is 4.51. The first kappa shape index (κ1) is 17.6. The van der Waals surface area contributed by atoms with Crippen LogP contribution in [0.15, 0.2) is 49.1 Å². The van der Waals surface area contributed by atoms with Crippen molar-refractivity contribution in [2.24, 2.45) is 0 Å². The molecular weight excluding hydrogens is 304 g/mol. The zero-order valence-corrected chi connectivity index (χ0v) is 14.8. The molecule has 0 aliphatic rings. The fraction of sp³-hybridized carbons (Fsp3) is 0.450. The quantitative estimate of drug-likeness (QED) is 0.471. The molecule has 0 amide bonds. The molecule has 0 aliphatic heterocycles. The van der Waals surface area contributed by atoms with Gasteiger partial charge in [-0.1, -0.05) is 56.5 Å². The van der Waals surface area contributed by atoms with Gasteiger partial charge in [0, 0.05) is 5.38 Å². The van der Waals surface area contributed by atoms with Gasteiger partial charge in [0.2, 0.25) is 6.33 Å². The number of rotatable bonds is 8. The fourth-order valence-corrected chi connectivity index (χ4v) is 3.07. The number of hydrogen-bond donors (Lipinski definition) is 0. The van der Waals surface area contributed by atoms with E-state index in [1.165, 1.54) is 24.8 Å². The predicted molar refractivity (Wildman–Crippen MR) is 96.3 cm³/mol. The molecule has 0 bridgehead atoms. The maximum Gasteiger partial charge on any atom is 0.244 e. The van der Waals surface area contributed by atoms with Gasteiger partial charge in [-0.25, -0.2) is 9.13 Å². The summed E-state index contributed by atoms with van der Waals surface area (Å²) >= 11 is 5.58. The molecular formula is C20H26ClN2+. The maximum absolute atomic E-state index is 5.58. The number of unbranched alkanes of at least 4 members (excludes halogenated alkanes) is 1. The van der Waals surface area contributed by atoms with Gasteiger partial charge in [-0.3, -0.25) is 0 Å². The second-order valence-electron chi connectivity index (χ2n) is 5.91. The fourth-order valence-electron chi connectivity index (χ4n) is 2.99. The van der Waals surface area contributed by atoms with Crippen molar-refractivity contribution in [3.8, 4) is 11.3 Å². The minimum atomic E-state index is 0.201. The van der Waals surface area contributed by atoms with Crippen molar-refractivity contribution < 1.29 is 4.57 Å². The lowest BCUT2D eigenvalue weighted by molar-refractivity contribution is -0.712. The molecule has 122 valence electrons. The van der Waals surface area contributed by atoms with E-state index < -0.39 is 0 Å². The lowest BCUT2D eigenvalue weighted by atomic mass is 10.0. The maximum atomic E-state index is 5.58. The summed E-state index contributed by atoms with van der Waals surface area (Å²) in [7, 11) is 0. The Hall–Kier alpha value is -1.72. The van der Waals surface area contributed by atoms with Crippen LogP contribution in [0.5, 0.6) is 0 Å². The van der Waals surface area contributed by atoms with Crippen LogP contribution in [0.4, 0.5) is 0 Å². The minimum absolute atomic E-state index is 0.201. The van der Waals surface area contributed by atoms with Gasteiger partial charge in [-0.05, 0) is 36.4 Å². The highest BCUT2D eigenvalue weighted by Crippen LogP contribution is 2.20. The zero-order valence-electron chi connectivity index (χ0n) is 14.1. The van der Waals surface area contributed by atoms with Gasteiger partial charge >= 0.3 is 0 Å². The predicted octanol–water partition coefficient (Wildman–Crippen LogP) is 5.10. The Kier molecular flexibility index (Phi) is 7.23. The molecule has 2 aromatic rings. The van der Waals surface area contributed by atoms with E-state index >= 15 is 0 Å². The molecule has 0 saturated heterocycles. The van der Waals surface area contributed by atoms with E-state index in [9.17, 15) is 0 Å². The Bertz CT molecular complexity index is 636. The highest BCUT2D eigenvalue weighted by Gasteiger charge is 2.21. The van der Waals surface area contributed by atoms with Crippen LogP contribution < -0.4 is 4.57 Å². The van der Waals surface area contributed by atoms with E-state index in [4.69, 9.17) is 11.6 Å². The number of hydrogen-bond acceptors (Lipinski definition) is 0. The van der Waals surface area contributed by atoms with Crippen molar-refractivity contribution in [1.82, 2.24) is 4.57 Å². The van der Waals surface area contributed by atoms with Crippen LogP contribution in [-0.2, 0) is 0 Å². The van der Waals surface area contributed by atoms with Gasteiger partial charge in [0.1, 0.15) is 24.5 Å². The van der Waals surface area contributed by atoms with Crippen LogP contribution in [-0.4, -0.2) is 4.57 Å². The van der Waals surface area contributed by atoms with E-state index in [1.54, 1.807) is 0 Å². The normalized spacial score (nSPS) is 13.2. The third kappa shape index (κ3) is 4.88. The average Bonchev–Trinajstić information content (AvgIpc) is 3.07. The molecule has 2 rings (SSSR count). The van der Waals surface area contributed by atoms with Crippen molar-refractivity contribution in [1.29, 1.82) is 0 Å². The van der Waals surface area contributed by atoms with Crippen molar-refractivity contribution in [2.75, 3.05) is 0 Å². The highest BCUT2D eigenvalue weighted by atomic mass is 35.5. The van der Waals surface area contributed by atoms with E-state index in [0.29, 0.717) is 12.5 Å². The molecule has 3 heteroatoms. The molecule has 0 radical (unpaired) electrons. The minimum Gasteiger partial charge on any atom is -0.234 e. The van der Waals surface area contributed by atoms with Crippen LogP contribution in [0.1, 0.15) is 63.6 Å². The SMILES string of the molecule is CCCCC(CC)n1cc[n+](C(CC#CCl)c2ccccc2)c1. The second-order valence-corrected chi connectivity index (χ2v) is 6.10. The van der Waals surface area contributed by atoms with Gasteiger partial charge in [0.25, 0.3) is 0 Å². The third-order valence-corrected chi connectivity index (χ3v) is 4.50. The standard InChI is InChI=1S/C20H26ClN2/c1-3-5-12-19(4-2)22-15-16-23(17-22)20(13-9-14-21)18-10-7-6-8-11-18/h6-8,10-11,15-17,19-20H,3-5,12-13H2,1-2H3/q+1. The van der Waals surface area contributed by atoms with Gasteiger partial charge in [0.05, 0.1) is 6.42 Å². The summed E-state index contributed by atoms with van der Waals surface area (Å²) < 4.78 is 4.60. The Morgan fingerprint density at radius 2 is 2.00 bits per heavy atom. The van der Waals surface area contributed by atoms with Gasteiger partial charge in [-0.2, -0.15) is 0 Å². The van der Waals surface area contributed by atoms with Crippen LogP contribution in [0.2, 0.25) is 0 Å². The van der Waals surface area contributed by atoms with Crippen LogP contribution in [0.3, 0.4) is 0 Å². The molecule has 1 aromatic carbocycles. The summed E-state index contributed by atoms with van der Waals surface area (Å²) in [5.41, 5.74) is 1.26. The Balaban J connectivity index is 2.24. The first-order valence-electron chi connectivity index (χ1n) is 8.51. The van der Waals surface area contributed by atoms with Gasteiger partial charge in [-0.15, -0.1) is 0 Å². The number of nitrogens with zero attached hydrogens (tertiary/aromatic N) is 2. The molecule has 0 saturated carbocycles. The number of benzene rings is 1. The Labute approximate surface area is 145 Å².